The maximum absolute atomic E-state index is 12.8. The quantitative estimate of drug-likeness (QED) is 0.823. The van der Waals surface area contributed by atoms with Gasteiger partial charge >= 0.3 is 6.18 Å². The number of hydrogen-bond acceptors (Lipinski definition) is 6. The van der Waals surface area contributed by atoms with Crippen molar-refractivity contribution in [1.29, 1.82) is 0 Å². The van der Waals surface area contributed by atoms with E-state index >= 15 is 0 Å². The first-order valence-electron chi connectivity index (χ1n) is 7.97. The Kier molecular flexibility index (Phi) is 4.17. The molecule has 2 unspecified atom stereocenters. The number of fused-ring (bicyclic) bond motifs is 1. The van der Waals surface area contributed by atoms with Gasteiger partial charge in [0.15, 0.2) is 0 Å². The molecule has 2 aromatic rings. The maximum atomic E-state index is 12.8. The Bertz CT molecular complexity index is 981. The molecule has 138 valence electrons. The number of nitrogens with zero attached hydrogens (tertiary/aromatic N) is 3. The lowest BCUT2D eigenvalue weighted by atomic mass is 9.86. The van der Waals surface area contributed by atoms with Crippen LogP contribution in [0.1, 0.15) is 11.3 Å². The zero-order chi connectivity index (χ0) is 19.2. The van der Waals surface area contributed by atoms with Gasteiger partial charge in [0.05, 0.1) is 22.7 Å². The number of benzene rings is 1. The summed E-state index contributed by atoms with van der Waals surface area (Å²) >= 11 is 1.40. The van der Waals surface area contributed by atoms with E-state index < -0.39 is 22.8 Å². The lowest BCUT2D eigenvalue weighted by molar-refractivity contribution is -0.137. The van der Waals surface area contributed by atoms with Gasteiger partial charge < -0.3 is 11.5 Å². The summed E-state index contributed by atoms with van der Waals surface area (Å²) in [5, 5.41) is 0. The molecule has 5 nitrogen and oxygen atoms in total. The summed E-state index contributed by atoms with van der Waals surface area (Å²) in [4.78, 5) is 13.7. The fourth-order valence-corrected chi connectivity index (χ4v) is 3.88. The van der Waals surface area contributed by atoms with Crippen LogP contribution in [0.2, 0.25) is 0 Å². The standard InChI is InChI=1S/C18H14F3N5S/c19-18(20,21)11-5-3-10(4-6-11)12-8-14(25-9-24-12)17(23)7-1-2-13-15(17)26-16(22)27-13/h1-9,16H,22-23H2. The van der Waals surface area contributed by atoms with Gasteiger partial charge in [0.25, 0.3) is 0 Å². The minimum absolute atomic E-state index is 0.426. The molecule has 9 heteroatoms. The number of thioether (sulfide) groups is 1. The number of rotatable bonds is 2. The maximum Gasteiger partial charge on any atom is 0.416 e. The van der Waals surface area contributed by atoms with Gasteiger partial charge in [-0.2, -0.15) is 13.2 Å². The molecule has 1 aromatic carbocycles. The summed E-state index contributed by atoms with van der Waals surface area (Å²) < 4.78 is 38.3. The second-order valence-electron chi connectivity index (χ2n) is 6.11. The summed E-state index contributed by atoms with van der Waals surface area (Å²) in [5.41, 5.74) is 12.4. The fraction of sp³-hybridized carbons (Fsp3) is 0.167. The van der Waals surface area contributed by atoms with E-state index in [0.717, 1.165) is 17.0 Å². The molecule has 0 amide bonds. The lowest BCUT2D eigenvalue weighted by Gasteiger charge is -2.28. The topological polar surface area (TPSA) is 90.2 Å². The Morgan fingerprint density at radius 2 is 1.85 bits per heavy atom. The van der Waals surface area contributed by atoms with Gasteiger partial charge in [0.2, 0.25) is 0 Å². The van der Waals surface area contributed by atoms with Crippen LogP contribution >= 0.6 is 11.8 Å². The zero-order valence-electron chi connectivity index (χ0n) is 13.8. The van der Waals surface area contributed by atoms with Crippen molar-refractivity contribution in [2.45, 2.75) is 17.2 Å². The van der Waals surface area contributed by atoms with Gasteiger partial charge in [-0.15, -0.1) is 0 Å². The summed E-state index contributed by atoms with van der Waals surface area (Å²) in [7, 11) is 0. The van der Waals surface area contributed by atoms with Crippen molar-refractivity contribution in [2.24, 2.45) is 16.5 Å². The summed E-state index contributed by atoms with van der Waals surface area (Å²) in [6, 6.07) is 6.45. The van der Waals surface area contributed by atoms with E-state index in [-0.39, 0.29) is 0 Å². The monoisotopic (exact) mass is 389 g/mol. The van der Waals surface area contributed by atoms with Gasteiger partial charge in [-0.3, -0.25) is 4.99 Å². The molecule has 1 aliphatic carbocycles. The van der Waals surface area contributed by atoms with Crippen LogP contribution in [0, 0.1) is 0 Å². The van der Waals surface area contributed by atoms with Crippen LogP contribution < -0.4 is 11.5 Å². The van der Waals surface area contributed by atoms with Crippen LogP contribution in [0.25, 0.3) is 11.3 Å². The molecule has 0 fully saturated rings. The van der Waals surface area contributed by atoms with E-state index in [1.54, 1.807) is 12.1 Å². The molecule has 4 N–H and O–H groups in total. The Balaban J connectivity index is 1.72. The number of aliphatic imine (C=N–C) groups is 1. The molecule has 4 rings (SSSR count). The first-order chi connectivity index (χ1) is 12.8. The molecule has 2 atom stereocenters. The predicted molar refractivity (Wildman–Crippen MR) is 98.6 cm³/mol. The van der Waals surface area contributed by atoms with Crippen molar-refractivity contribution in [1.82, 2.24) is 9.97 Å². The second kappa shape index (κ2) is 6.29. The summed E-state index contributed by atoms with van der Waals surface area (Å²) in [5.74, 6) is 0. The highest BCUT2D eigenvalue weighted by molar-refractivity contribution is 8.05. The van der Waals surface area contributed by atoms with Crippen LogP contribution in [0.15, 0.2) is 64.8 Å². The van der Waals surface area contributed by atoms with E-state index in [2.05, 4.69) is 15.0 Å². The molecule has 0 saturated heterocycles. The average Bonchev–Trinajstić information content (AvgIpc) is 3.03. The number of halogens is 3. The van der Waals surface area contributed by atoms with E-state index in [1.165, 1.54) is 30.2 Å². The Morgan fingerprint density at radius 3 is 2.56 bits per heavy atom. The van der Waals surface area contributed by atoms with E-state index in [4.69, 9.17) is 11.5 Å². The molecule has 1 aliphatic heterocycles. The molecule has 0 spiro atoms. The largest absolute Gasteiger partial charge is 0.416 e. The Morgan fingerprint density at radius 1 is 1.11 bits per heavy atom. The number of aromatic nitrogens is 2. The predicted octanol–water partition coefficient (Wildman–Crippen LogP) is 3.20. The summed E-state index contributed by atoms with van der Waals surface area (Å²) in [6.07, 6.45) is 2.43. The minimum Gasteiger partial charge on any atom is -0.312 e. The SMILES string of the molecule is NC1N=C2C(=CC=CC2(N)c2cc(-c3ccc(C(F)(F)F)cc3)ncn2)S1. The normalized spacial score (nSPS) is 24.4. The lowest BCUT2D eigenvalue weighted by Crippen LogP contribution is -2.44. The van der Waals surface area contributed by atoms with Crippen LogP contribution in [0.5, 0.6) is 0 Å². The third-order valence-electron chi connectivity index (χ3n) is 4.33. The van der Waals surface area contributed by atoms with Gasteiger partial charge in [-0.05, 0) is 24.3 Å². The summed E-state index contributed by atoms with van der Waals surface area (Å²) in [6.45, 7) is 0. The van der Waals surface area contributed by atoms with Crippen LogP contribution in [0.3, 0.4) is 0 Å². The molecule has 0 bridgehead atoms. The number of hydrogen-bond donors (Lipinski definition) is 2. The van der Waals surface area contributed by atoms with Gasteiger partial charge in [0, 0.05) is 10.5 Å². The molecular formula is C18H14F3N5S. The third kappa shape index (κ3) is 3.18. The minimum atomic E-state index is -4.39. The molecule has 27 heavy (non-hydrogen) atoms. The number of allylic oxidation sites excluding steroid dienone is 2. The second-order valence-corrected chi connectivity index (χ2v) is 7.27. The highest BCUT2D eigenvalue weighted by Gasteiger charge is 2.40. The average molecular weight is 389 g/mol. The molecule has 0 saturated carbocycles. The van der Waals surface area contributed by atoms with Crippen LogP contribution in [0.4, 0.5) is 13.2 Å². The van der Waals surface area contributed by atoms with Crippen molar-refractivity contribution in [3.05, 3.63) is 71.0 Å². The first kappa shape index (κ1) is 17.9. The van der Waals surface area contributed by atoms with E-state index in [9.17, 15) is 13.2 Å². The van der Waals surface area contributed by atoms with Crippen molar-refractivity contribution in [3.63, 3.8) is 0 Å². The van der Waals surface area contributed by atoms with Crippen molar-refractivity contribution >= 4 is 17.5 Å². The Labute approximate surface area is 157 Å². The molecule has 0 radical (unpaired) electrons. The fourth-order valence-electron chi connectivity index (χ4n) is 2.98. The van der Waals surface area contributed by atoms with E-state index in [1.807, 2.05) is 12.2 Å². The van der Waals surface area contributed by atoms with Gasteiger partial charge in [-0.25, -0.2) is 9.97 Å². The molecule has 1 aromatic heterocycles. The van der Waals surface area contributed by atoms with Crippen molar-refractivity contribution < 1.29 is 13.2 Å². The van der Waals surface area contributed by atoms with Gasteiger partial charge in [-0.1, -0.05) is 36.0 Å². The number of alkyl halides is 3. The van der Waals surface area contributed by atoms with Crippen LogP contribution in [-0.2, 0) is 11.7 Å². The van der Waals surface area contributed by atoms with E-state index in [0.29, 0.717) is 22.7 Å². The molecular weight excluding hydrogens is 375 g/mol. The van der Waals surface area contributed by atoms with Crippen LogP contribution in [-0.4, -0.2) is 21.2 Å². The highest BCUT2D eigenvalue weighted by Crippen LogP contribution is 2.39. The van der Waals surface area contributed by atoms with Gasteiger partial charge in [0.1, 0.15) is 17.4 Å². The number of nitrogens with two attached hydrogens (primary N) is 2. The van der Waals surface area contributed by atoms with Crippen molar-refractivity contribution in [2.75, 3.05) is 0 Å². The molecule has 2 heterocycles. The van der Waals surface area contributed by atoms with Crippen molar-refractivity contribution in [3.8, 4) is 11.3 Å². The Hall–Kier alpha value is -2.49. The smallest absolute Gasteiger partial charge is 0.312 e. The molecule has 2 aliphatic rings. The zero-order valence-corrected chi connectivity index (χ0v) is 14.6. The third-order valence-corrected chi connectivity index (χ3v) is 5.27. The first-order valence-corrected chi connectivity index (χ1v) is 8.85. The highest BCUT2D eigenvalue weighted by atomic mass is 32.2.